The standard InChI is InChI=1S/C53H78N6O8/c1-8-13-18-31-62-41-25-28-48(65-34-20-15-10-3)44(36-41)54-51-57-52(55-45-37-42(64-33-22-17-24-39(6)60)26-29-49(45)66-35-21-16-11-4)59-53(58-51)56-46-38-43(63-32-19-14-9-2)27-30-50(46)67-47(23-12-5)40(7)61/h25-30,36-38,47H,8-24,31-35H2,1-7H3,(H3,54,55,56,57,58,59). The van der Waals surface area contributed by atoms with Gasteiger partial charge in [0.1, 0.15) is 40.3 Å². The summed E-state index contributed by atoms with van der Waals surface area (Å²) >= 11 is 0. The fourth-order valence-electron chi connectivity index (χ4n) is 6.93. The molecule has 14 heteroatoms. The number of hydrogen-bond donors (Lipinski definition) is 3. The fraction of sp³-hybridized carbons (Fsp3) is 0.566. The monoisotopic (exact) mass is 927 g/mol. The van der Waals surface area contributed by atoms with Crippen LogP contribution in [0.3, 0.4) is 0 Å². The number of Topliss-reactive ketones (excluding diaryl/α,β-unsaturated/α-hetero) is 2. The van der Waals surface area contributed by atoms with E-state index in [0.29, 0.717) is 97.4 Å². The van der Waals surface area contributed by atoms with Crippen LogP contribution in [0.25, 0.3) is 0 Å². The van der Waals surface area contributed by atoms with Gasteiger partial charge >= 0.3 is 0 Å². The van der Waals surface area contributed by atoms with E-state index in [1.54, 1.807) is 13.8 Å². The molecule has 0 aliphatic rings. The first-order chi connectivity index (χ1) is 32.7. The van der Waals surface area contributed by atoms with Gasteiger partial charge in [0.25, 0.3) is 0 Å². The van der Waals surface area contributed by atoms with Crippen LogP contribution in [0.4, 0.5) is 34.9 Å². The number of nitrogens with zero attached hydrogens (tertiary/aromatic N) is 3. The van der Waals surface area contributed by atoms with Crippen molar-refractivity contribution in [3.8, 4) is 34.5 Å². The molecule has 0 spiro atoms. The van der Waals surface area contributed by atoms with Crippen molar-refractivity contribution in [2.24, 2.45) is 0 Å². The minimum absolute atomic E-state index is 0.0647. The van der Waals surface area contributed by atoms with Crippen LogP contribution in [-0.2, 0) is 9.59 Å². The topological polar surface area (TPSA) is 164 Å². The molecule has 0 radical (unpaired) electrons. The van der Waals surface area contributed by atoms with Crippen molar-refractivity contribution in [3.63, 3.8) is 0 Å². The zero-order valence-electron chi connectivity index (χ0n) is 41.4. The number of rotatable bonds is 37. The second-order valence-electron chi connectivity index (χ2n) is 16.9. The molecule has 1 aromatic heterocycles. The Bertz CT molecular complexity index is 2070. The summed E-state index contributed by atoms with van der Waals surface area (Å²) in [5.41, 5.74) is 1.74. The first-order valence-electron chi connectivity index (χ1n) is 25.0. The Morgan fingerprint density at radius 1 is 0.463 bits per heavy atom. The second kappa shape index (κ2) is 31.2. The maximum absolute atomic E-state index is 12.7. The van der Waals surface area contributed by atoms with E-state index in [1.165, 1.54) is 0 Å². The van der Waals surface area contributed by atoms with Crippen molar-refractivity contribution in [1.82, 2.24) is 15.0 Å². The van der Waals surface area contributed by atoms with Crippen molar-refractivity contribution >= 4 is 46.5 Å². The number of unbranched alkanes of at least 4 members (excludes halogenated alkanes) is 9. The molecule has 0 aliphatic heterocycles. The Hall–Kier alpha value is -5.79. The first-order valence-corrected chi connectivity index (χ1v) is 25.0. The van der Waals surface area contributed by atoms with Gasteiger partial charge in [-0.3, -0.25) is 4.79 Å². The highest BCUT2D eigenvalue weighted by Crippen LogP contribution is 2.37. The van der Waals surface area contributed by atoms with Gasteiger partial charge in [-0.05, 0) is 95.2 Å². The Balaban J connectivity index is 1.82. The Morgan fingerprint density at radius 3 is 1.18 bits per heavy atom. The summed E-state index contributed by atoms with van der Waals surface area (Å²) in [6.07, 6.45) is 14.9. The highest BCUT2D eigenvalue weighted by Gasteiger charge is 2.20. The molecule has 368 valence electrons. The van der Waals surface area contributed by atoms with Crippen LogP contribution in [-0.4, -0.2) is 65.7 Å². The summed E-state index contributed by atoms with van der Waals surface area (Å²) in [5.74, 6) is 4.35. The fourth-order valence-corrected chi connectivity index (χ4v) is 6.93. The Labute approximate surface area is 400 Å². The largest absolute Gasteiger partial charge is 0.494 e. The van der Waals surface area contributed by atoms with Gasteiger partial charge in [0.2, 0.25) is 17.8 Å². The number of carbonyl (C=O) groups is 2. The van der Waals surface area contributed by atoms with Gasteiger partial charge in [0.05, 0.1) is 50.1 Å². The van der Waals surface area contributed by atoms with E-state index >= 15 is 0 Å². The van der Waals surface area contributed by atoms with Gasteiger partial charge in [-0.15, -0.1) is 0 Å². The molecule has 1 atom stereocenters. The molecule has 0 bridgehead atoms. The van der Waals surface area contributed by atoms with E-state index in [-0.39, 0.29) is 29.4 Å². The predicted octanol–water partition coefficient (Wildman–Crippen LogP) is 13.7. The molecular weight excluding hydrogens is 849 g/mol. The minimum atomic E-state index is -0.638. The molecule has 0 saturated carbocycles. The molecule has 0 amide bonds. The number of benzene rings is 3. The molecule has 1 unspecified atom stereocenters. The summed E-state index contributed by atoms with van der Waals surface area (Å²) in [4.78, 5) is 39.0. The average Bonchev–Trinajstić information content (AvgIpc) is 3.30. The zero-order chi connectivity index (χ0) is 48.1. The van der Waals surface area contributed by atoms with Gasteiger partial charge in [0.15, 0.2) is 11.9 Å². The SMILES string of the molecule is CCCCCOc1ccc(OCCCCC)c(Nc2nc(Nc3cc(OCCCCC(C)=O)ccc3OCCCCC)nc(Nc3cc(OCCCCC)ccc3OC(CCC)C(C)=O)n2)c1. The van der Waals surface area contributed by atoms with Crippen LogP contribution >= 0.6 is 0 Å². The lowest BCUT2D eigenvalue weighted by Gasteiger charge is -2.20. The number of aromatic nitrogens is 3. The summed E-state index contributed by atoms with van der Waals surface area (Å²) < 4.78 is 37.6. The highest BCUT2D eigenvalue weighted by atomic mass is 16.5. The van der Waals surface area contributed by atoms with Crippen molar-refractivity contribution in [2.45, 2.75) is 164 Å². The van der Waals surface area contributed by atoms with Gasteiger partial charge in [-0.25, -0.2) is 0 Å². The summed E-state index contributed by atoms with van der Waals surface area (Å²) in [6, 6.07) is 16.9. The molecule has 67 heavy (non-hydrogen) atoms. The maximum Gasteiger partial charge on any atom is 0.233 e. The van der Waals surface area contributed by atoms with E-state index in [2.05, 4.69) is 43.6 Å². The number of anilines is 6. The molecular formula is C53H78N6O8. The van der Waals surface area contributed by atoms with Crippen LogP contribution in [0, 0.1) is 0 Å². The molecule has 1 heterocycles. The third-order valence-corrected chi connectivity index (χ3v) is 10.7. The lowest BCUT2D eigenvalue weighted by atomic mass is 10.1. The lowest BCUT2D eigenvalue weighted by molar-refractivity contribution is -0.123. The average molecular weight is 927 g/mol. The zero-order valence-corrected chi connectivity index (χ0v) is 41.4. The molecule has 4 rings (SSSR count). The van der Waals surface area contributed by atoms with Crippen LogP contribution in [0.15, 0.2) is 54.6 Å². The third kappa shape index (κ3) is 20.3. The molecule has 3 aromatic carbocycles. The molecule has 14 nitrogen and oxygen atoms in total. The number of ether oxygens (including phenoxy) is 6. The molecule has 0 fully saturated rings. The molecule has 3 N–H and O–H groups in total. The van der Waals surface area contributed by atoms with Crippen molar-refractivity contribution in [2.75, 3.05) is 49.0 Å². The van der Waals surface area contributed by atoms with Gasteiger partial charge in [-0.2, -0.15) is 15.0 Å². The van der Waals surface area contributed by atoms with Gasteiger partial charge < -0.3 is 49.2 Å². The van der Waals surface area contributed by atoms with Crippen LogP contribution < -0.4 is 44.4 Å². The van der Waals surface area contributed by atoms with E-state index in [0.717, 1.165) is 96.3 Å². The van der Waals surface area contributed by atoms with Gasteiger partial charge in [0, 0.05) is 24.6 Å². The smallest absolute Gasteiger partial charge is 0.233 e. The summed E-state index contributed by atoms with van der Waals surface area (Å²) in [7, 11) is 0. The maximum atomic E-state index is 12.7. The summed E-state index contributed by atoms with van der Waals surface area (Å²) in [5, 5.41) is 10.2. The van der Waals surface area contributed by atoms with Crippen LogP contribution in [0.2, 0.25) is 0 Å². The molecule has 4 aromatic rings. The summed E-state index contributed by atoms with van der Waals surface area (Å²) in [6.45, 7) is 16.5. The first kappa shape index (κ1) is 53.8. The van der Waals surface area contributed by atoms with Crippen LogP contribution in [0.5, 0.6) is 34.5 Å². The normalized spacial score (nSPS) is 11.4. The predicted molar refractivity (Wildman–Crippen MR) is 269 cm³/mol. The quantitative estimate of drug-likeness (QED) is 0.0366. The number of ketones is 2. The number of hydrogen-bond acceptors (Lipinski definition) is 14. The van der Waals surface area contributed by atoms with Crippen molar-refractivity contribution in [1.29, 1.82) is 0 Å². The van der Waals surface area contributed by atoms with Gasteiger partial charge in [-0.1, -0.05) is 92.4 Å². The highest BCUT2D eigenvalue weighted by molar-refractivity contribution is 5.81. The number of nitrogens with one attached hydrogen (secondary N) is 3. The van der Waals surface area contributed by atoms with E-state index < -0.39 is 6.10 Å². The molecule has 0 aliphatic carbocycles. The van der Waals surface area contributed by atoms with E-state index in [1.807, 2.05) is 61.5 Å². The molecule has 0 saturated heterocycles. The third-order valence-electron chi connectivity index (χ3n) is 10.7. The second-order valence-corrected chi connectivity index (χ2v) is 16.9. The van der Waals surface area contributed by atoms with E-state index in [9.17, 15) is 9.59 Å². The number of carbonyl (C=O) groups excluding carboxylic acids is 2. The van der Waals surface area contributed by atoms with Crippen molar-refractivity contribution in [3.05, 3.63) is 54.6 Å². The van der Waals surface area contributed by atoms with E-state index in [4.69, 9.17) is 43.4 Å². The van der Waals surface area contributed by atoms with Crippen LogP contribution in [0.1, 0.15) is 158 Å². The lowest BCUT2D eigenvalue weighted by Crippen LogP contribution is -2.25. The Kier molecular flexibility index (Phi) is 25.1. The Morgan fingerprint density at radius 2 is 0.821 bits per heavy atom. The van der Waals surface area contributed by atoms with Crippen molar-refractivity contribution < 1.29 is 38.0 Å². The minimum Gasteiger partial charge on any atom is -0.494 e.